The molecule has 0 amide bonds. The number of hydrogen-bond donors (Lipinski definition) is 0. The first kappa shape index (κ1) is 6.09. The normalized spacial score (nSPS) is 39.8. The first-order valence-electron chi connectivity index (χ1n) is 3.14. The molecule has 0 aromatic heterocycles. The van der Waals surface area contributed by atoms with Gasteiger partial charge in [0.2, 0.25) is 0 Å². The maximum atomic E-state index is 5.33. The van der Waals surface area contributed by atoms with E-state index in [4.69, 9.17) is 4.74 Å². The summed E-state index contributed by atoms with van der Waals surface area (Å²) in [5.74, 6) is 0.547. The van der Waals surface area contributed by atoms with Gasteiger partial charge in [0.1, 0.15) is 0 Å². The molecule has 2 atom stereocenters. The summed E-state index contributed by atoms with van der Waals surface area (Å²) in [5.41, 5.74) is 0. The molecule has 46 valence electrons. The molecule has 1 aliphatic heterocycles. The van der Waals surface area contributed by atoms with Crippen molar-refractivity contribution in [1.82, 2.24) is 0 Å². The van der Waals surface area contributed by atoms with Crippen molar-refractivity contribution < 1.29 is 4.74 Å². The van der Waals surface area contributed by atoms with Gasteiger partial charge in [-0.15, -0.1) is 0 Å². The molecule has 0 aliphatic carbocycles. The molecule has 0 saturated carbocycles. The zero-order valence-electron chi connectivity index (χ0n) is 5.48. The molecule has 1 heteroatoms. The highest BCUT2D eigenvalue weighted by atomic mass is 16.5. The Morgan fingerprint density at radius 2 is 2.25 bits per heavy atom. The van der Waals surface area contributed by atoms with Crippen molar-refractivity contribution in [1.29, 1.82) is 0 Å². The lowest BCUT2D eigenvalue weighted by atomic mass is 10.0. The monoisotopic (exact) mass is 112 g/mol. The van der Waals surface area contributed by atoms with Crippen molar-refractivity contribution in [3.8, 4) is 0 Å². The van der Waals surface area contributed by atoms with Crippen molar-refractivity contribution in [2.75, 3.05) is 6.61 Å². The van der Waals surface area contributed by atoms with Crippen molar-refractivity contribution in [2.24, 2.45) is 5.92 Å². The Labute approximate surface area is 51.0 Å². The summed E-state index contributed by atoms with van der Waals surface area (Å²) >= 11 is 0. The molecule has 2 radical (unpaired) electrons. The SMILES string of the molecule is CC1[C]CC(C)OC1. The van der Waals surface area contributed by atoms with Crippen LogP contribution in [0.4, 0.5) is 0 Å². The molecule has 1 aliphatic rings. The zero-order valence-corrected chi connectivity index (χ0v) is 5.48. The summed E-state index contributed by atoms with van der Waals surface area (Å²) in [5, 5.41) is 0. The van der Waals surface area contributed by atoms with Gasteiger partial charge in [-0.1, -0.05) is 6.92 Å². The molecule has 1 heterocycles. The van der Waals surface area contributed by atoms with Crippen LogP contribution in [0.15, 0.2) is 0 Å². The van der Waals surface area contributed by atoms with Gasteiger partial charge in [-0.3, -0.25) is 0 Å². The lowest BCUT2D eigenvalue weighted by Crippen LogP contribution is -2.21. The van der Waals surface area contributed by atoms with Crippen LogP contribution in [0.3, 0.4) is 0 Å². The lowest BCUT2D eigenvalue weighted by molar-refractivity contribution is 0.0233. The summed E-state index contributed by atoms with van der Waals surface area (Å²) < 4.78 is 5.33. The zero-order chi connectivity index (χ0) is 5.98. The van der Waals surface area contributed by atoms with E-state index in [1.165, 1.54) is 0 Å². The minimum Gasteiger partial charge on any atom is -0.378 e. The van der Waals surface area contributed by atoms with Gasteiger partial charge in [0, 0.05) is 0 Å². The standard InChI is InChI=1S/C7H12O/c1-6-3-4-7(2)8-5-6/h6-7H,4-5H2,1-2H3. The van der Waals surface area contributed by atoms with Gasteiger partial charge < -0.3 is 4.74 Å². The quantitative estimate of drug-likeness (QED) is 0.461. The maximum absolute atomic E-state index is 5.33. The van der Waals surface area contributed by atoms with E-state index in [0.717, 1.165) is 13.0 Å². The Morgan fingerprint density at radius 1 is 1.50 bits per heavy atom. The Morgan fingerprint density at radius 3 is 2.62 bits per heavy atom. The molecule has 2 unspecified atom stereocenters. The van der Waals surface area contributed by atoms with Gasteiger partial charge in [-0.2, -0.15) is 0 Å². The molecule has 1 nitrogen and oxygen atoms in total. The van der Waals surface area contributed by atoms with E-state index in [1.54, 1.807) is 0 Å². The molecule has 1 saturated heterocycles. The summed E-state index contributed by atoms with van der Waals surface area (Å²) in [6, 6.07) is 0. The van der Waals surface area contributed by atoms with Crippen molar-refractivity contribution in [2.45, 2.75) is 26.4 Å². The fraction of sp³-hybridized carbons (Fsp3) is 0.857. The third kappa shape index (κ3) is 1.48. The van der Waals surface area contributed by atoms with Gasteiger partial charge in [0.25, 0.3) is 0 Å². The maximum Gasteiger partial charge on any atom is 0.0553 e. The summed E-state index contributed by atoms with van der Waals surface area (Å²) in [7, 11) is 0. The van der Waals surface area contributed by atoms with Crippen LogP contribution in [0.2, 0.25) is 0 Å². The van der Waals surface area contributed by atoms with E-state index in [9.17, 15) is 0 Å². The molecule has 8 heavy (non-hydrogen) atoms. The lowest BCUT2D eigenvalue weighted by Gasteiger charge is -2.22. The molecular weight excluding hydrogens is 100 g/mol. The minimum absolute atomic E-state index is 0.409. The second-order valence-corrected chi connectivity index (χ2v) is 2.45. The van der Waals surface area contributed by atoms with Gasteiger partial charge in [0.05, 0.1) is 12.7 Å². The predicted octanol–water partition coefficient (Wildman–Crippen LogP) is 1.51. The van der Waals surface area contributed by atoms with Crippen LogP contribution < -0.4 is 0 Å². The Hall–Kier alpha value is -0.0400. The predicted molar refractivity (Wildman–Crippen MR) is 32.4 cm³/mol. The molecule has 1 rings (SSSR count). The van der Waals surface area contributed by atoms with E-state index in [-0.39, 0.29) is 0 Å². The first-order chi connectivity index (χ1) is 3.79. The molecule has 0 N–H and O–H groups in total. The third-order valence-corrected chi connectivity index (χ3v) is 1.38. The summed E-state index contributed by atoms with van der Waals surface area (Å²) in [4.78, 5) is 0. The summed E-state index contributed by atoms with van der Waals surface area (Å²) in [6.07, 6.45) is 4.72. The largest absolute Gasteiger partial charge is 0.378 e. The Bertz CT molecular complexity index is 52.8. The highest BCUT2D eigenvalue weighted by Crippen LogP contribution is 2.15. The molecular formula is C7H12O. The number of hydrogen-bond acceptors (Lipinski definition) is 1. The molecule has 1 fully saturated rings. The van der Waals surface area contributed by atoms with Gasteiger partial charge in [-0.25, -0.2) is 0 Å². The second kappa shape index (κ2) is 2.49. The van der Waals surface area contributed by atoms with E-state index >= 15 is 0 Å². The fourth-order valence-electron chi connectivity index (χ4n) is 0.794. The Kier molecular flexibility index (Phi) is 1.90. The van der Waals surface area contributed by atoms with Crippen LogP contribution in [0.1, 0.15) is 20.3 Å². The molecule has 0 bridgehead atoms. The second-order valence-electron chi connectivity index (χ2n) is 2.45. The average Bonchev–Trinajstić information content (AvgIpc) is 1.77. The van der Waals surface area contributed by atoms with Crippen LogP contribution in [-0.2, 0) is 4.74 Å². The number of ether oxygens (including phenoxy) is 1. The summed E-state index contributed by atoms with van der Waals surface area (Å²) in [6.45, 7) is 5.08. The molecule has 0 aromatic rings. The highest BCUT2D eigenvalue weighted by molar-refractivity contribution is 4.79. The van der Waals surface area contributed by atoms with Crippen LogP contribution in [-0.4, -0.2) is 12.7 Å². The smallest absolute Gasteiger partial charge is 0.0553 e. The topological polar surface area (TPSA) is 9.23 Å². The van der Waals surface area contributed by atoms with Crippen LogP contribution in [0.25, 0.3) is 0 Å². The van der Waals surface area contributed by atoms with Crippen molar-refractivity contribution in [3.63, 3.8) is 0 Å². The molecule has 0 spiro atoms. The van der Waals surface area contributed by atoms with E-state index in [1.807, 2.05) is 0 Å². The van der Waals surface area contributed by atoms with Crippen LogP contribution in [0, 0.1) is 12.3 Å². The first-order valence-corrected chi connectivity index (χ1v) is 3.14. The van der Waals surface area contributed by atoms with E-state index in [2.05, 4.69) is 20.3 Å². The van der Waals surface area contributed by atoms with Crippen LogP contribution in [0.5, 0.6) is 0 Å². The van der Waals surface area contributed by atoms with E-state index in [0.29, 0.717) is 12.0 Å². The minimum atomic E-state index is 0.409. The average molecular weight is 112 g/mol. The highest BCUT2D eigenvalue weighted by Gasteiger charge is 2.14. The van der Waals surface area contributed by atoms with Gasteiger partial charge in [0.15, 0.2) is 0 Å². The third-order valence-electron chi connectivity index (χ3n) is 1.38. The van der Waals surface area contributed by atoms with Gasteiger partial charge in [-0.05, 0) is 25.7 Å². The van der Waals surface area contributed by atoms with Crippen molar-refractivity contribution >= 4 is 0 Å². The Balaban J connectivity index is 2.19. The fourth-order valence-corrected chi connectivity index (χ4v) is 0.794. The van der Waals surface area contributed by atoms with Crippen molar-refractivity contribution in [3.05, 3.63) is 6.42 Å². The van der Waals surface area contributed by atoms with Crippen LogP contribution >= 0.6 is 0 Å². The van der Waals surface area contributed by atoms with E-state index < -0.39 is 0 Å². The number of rotatable bonds is 0. The molecule has 0 aromatic carbocycles. The van der Waals surface area contributed by atoms with Gasteiger partial charge >= 0.3 is 0 Å².